The van der Waals surface area contributed by atoms with Crippen molar-refractivity contribution < 1.29 is 8.81 Å². The first-order chi connectivity index (χ1) is 16.1. The lowest BCUT2D eigenvalue weighted by atomic mass is 9.81. The molecule has 33 heavy (non-hydrogen) atoms. The Balaban J connectivity index is 1.26. The van der Waals surface area contributed by atoms with Crippen LogP contribution in [0.4, 0.5) is 10.2 Å². The molecule has 0 saturated carbocycles. The maximum absolute atomic E-state index is 13.7. The van der Waals surface area contributed by atoms with Gasteiger partial charge < -0.3 is 9.32 Å². The van der Waals surface area contributed by atoms with Crippen LogP contribution in [0.1, 0.15) is 41.8 Å². The summed E-state index contributed by atoms with van der Waals surface area (Å²) in [7, 11) is 2.17. The molecule has 1 aliphatic carbocycles. The zero-order valence-electron chi connectivity index (χ0n) is 18.2. The molecule has 1 fully saturated rings. The number of anilines is 1. The van der Waals surface area contributed by atoms with Gasteiger partial charge in [0.2, 0.25) is 0 Å². The SMILES string of the molecule is CN(C1Cc2ccoc21)C(c1ccc(F)cc1)C1CCN(c2ncnc3n[nH]c(Br)c23)CC1. The fraction of sp³-hybridized carbons (Fsp3) is 0.375. The van der Waals surface area contributed by atoms with Crippen LogP contribution in [0.3, 0.4) is 0 Å². The number of fused-ring (bicyclic) bond motifs is 2. The van der Waals surface area contributed by atoms with Crippen molar-refractivity contribution >= 4 is 32.8 Å². The molecule has 0 radical (unpaired) electrons. The van der Waals surface area contributed by atoms with Crippen LogP contribution in [0.25, 0.3) is 11.0 Å². The zero-order valence-corrected chi connectivity index (χ0v) is 19.8. The van der Waals surface area contributed by atoms with Crippen LogP contribution in [-0.2, 0) is 6.42 Å². The van der Waals surface area contributed by atoms with Crippen molar-refractivity contribution in [3.63, 3.8) is 0 Å². The first-order valence-electron chi connectivity index (χ1n) is 11.2. The topological polar surface area (TPSA) is 74.1 Å². The van der Waals surface area contributed by atoms with Crippen molar-refractivity contribution in [3.8, 4) is 0 Å². The van der Waals surface area contributed by atoms with Gasteiger partial charge in [0.25, 0.3) is 0 Å². The third-order valence-electron chi connectivity index (χ3n) is 7.21. The van der Waals surface area contributed by atoms with E-state index in [0.717, 1.165) is 59.5 Å². The molecule has 2 atom stereocenters. The number of halogens is 2. The van der Waals surface area contributed by atoms with Gasteiger partial charge in [0, 0.05) is 19.1 Å². The van der Waals surface area contributed by atoms with Crippen molar-refractivity contribution in [2.75, 3.05) is 25.0 Å². The van der Waals surface area contributed by atoms with Crippen molar-refractivity contribution in [2.24, 2.45) is 5.92 Å². The largest absolute Gasteiger partial charge is 0.467 e. The number of rotatable bonds is 5. The fourth-order valence-electron chi connectivity index (χ4n) is 5.47. The van der Waals surface area contributed by atoms with Crippen LogP contribution in [0, 0.1) is 11.7 Å². The molecule has 2 unspecified atom stereocenters. The van der Waals surface area contributed by atoms with E-state index in [9.17, 15) is 4.39 Å². The number of piperidine rings is 1. The lowest BCUT2D eigenvalue weighted by Crippen LogP contribution is -2.43. The number of aromatic nitrogens is 4. The summed E-state index contributed by atoms with van der Waals surface area (Å²) in [5.41, 5.74) is 3.11. The number of hydrogen-bond donors (Lipinski definition) is 1. The second kappa shape index (κ2) is 8.22. The van der Waals surface area contributed by atoms with E-state index >= 15 is 0 Å². The van der Waals surface area contributed by atoms with Gasteiger partial charge in [0.05, 0.1) is 17.7 Å². The van der Waals surface area contributed by atoms with Crippen molar-refractivity contribution in [1.29, 1.82) is 0 Å². The molecule has 2 aliphatic rings. The van der Waals surface area contributed by atoms with Crippen LogP contribution in [0.15, 0.2) is 51.9 Å². The normalized spacial score (nSPS) is 19.6. The van der Waals surface area contributed by atoms with E-state index in [1.165, 1.54) is 5.56 Å². The van der Waals surface area contributed by atoms with Gasteiger partial charge in [-0.25, -0.2) is 14.4 Å². The summed E-state index contributed by atoms with van der Waals surface area (Å²) < 4.78 is 20.3. The first kappa shape index (κ1) is 20.8. The predicted molar refractivity (Wildman–Crippen MR) is 126 cm³/mol. The molecule has 170 valence electrons. The quantitative estimate of drug-likeness (QED) is 0.405. The summed E-state index contributed by atoms with van der Waals surface area (Å²) in [6, 6.07) is 9.49. The van der Waals surface area contributed by atoms with Crippen molar-refractivity contribution in [2.45, 2.75) is 31.3 Å². The fourth-order valence-corrected chi connectivity index (χ4v) is 5.92. The third kappa shape index (κ3) is 3.54. The molecule has 7 nitrogen and oxygen atoms in total. The lowest BCUT2D eigenvalue weighted by molar-refractivity contribution is 0.0818. The Kier molecular flexibility index (Phi) is 5.18. The molecule has 4 aromatic rings. The molecule has 0 spiro atoms. The molecule has 1 saturated heterocycles. The van der Waals surface area contributed by atoms with E-state index in [2.05, 4.69) is 59.0 Å². The summed E-state index contributed by atoms with van der Waals surface area (Å²) in [5.74, 6) is 2.20. The van der Waals surface area contributed by atoms with Gasteiger partial charge in [0.15, 0.2) is 5.65 Å². The Morgan fingerprint density at radius 1 is 1.18 bits per heavy atom. The molecule has 9 heteroatoms. The highest BCUT2D eigenvalue weighted by Crippen LogP contribution is 2.45. The molecule has 1 aromatic carbocycles. The predicted octanol–water partition coefficient (Wildman–Crippen LogP) is 5.03. The van der Waals surface area contributed by atoms with Crippen LogP contribution in [0.2, 0.25) is 0 Å². The van der Waals surface area contributed by atoms with E-state index in [1.54, 1.807) is 24.7 Å². The van der Waals surface area contributed by atoms with E-state index in [1.807, 2.05) is 12.1 Å². The summed E-state index contributed by atoms with van der Waals surface area (Å²) in [6.45, 7) is 1.77. The number of aromatic amines is 1. The number of nitrogens with zero attached hydrogens (tertiary/aromatic N) is 5. The van der Waals surface area contributed by atoms with Gasteiger partial charge in [-0.3, -0.25) is 10.00 Å². The van der Waals surface area contributed by atoms with Crippen LogP contribution < -0.4 is 4.90 Å². The minimum atomic E-state index is -0.203. The summed E-state index contributed by atoms with van der Waals surface area (Å²) in [6.07, 6.45) is 6.35. The minimum Gasteiger partial charge on any atom is -0.467 e. The minimum absolute atomic E-state index is 0.182. The second-order valence-corrected chi connectivity index (χ2v) is 9.74. The molecular formula is C24H24BrFN6O. The highest BCUT2D eigenvalue weighted by atomic mass is 79.9. The van der Waals surface area contributed by atoms with Gasteiger partial charge >= 0.3 is 0 Å². The van der Waals surface area contributed by atoms with E-state index < -0.39 is 0 Å². The molecule has 3 aromatic heterocycles. The lowest BCUT2D eigenvalue weighted by Gasteiger charge is -2.45. The van der Waals surface area contributed by atoms with E-state index in [-0.39, 0.29) is 17.9 Å². The maximum Gasteiger partial charge on any atom is 0.187 e. The number of benzene rings is 1. The highest BCUT2D eigenvalue weighted by Gasteiger charge is 2.40. The second-order valence-electron chi connectivity index (χ2n) is 8.95. The molecule has 4 heterocycles. The van der Waals surface area contributed by atoms with Crippen LogP contribution in [0.5, 0.6) is 0 Å². The third-order valence-corrected chi connectivity index (χ3v) is 7.78. The Morgan fingerprint density at radius 3 is 2.73 bits per heavy atom. The average molecular weight is 511 g/mol. The Labute approximate surface area is 199 Å². The van der Waals surface area contributed by atoms with Gasteiger partial charge in [0.1, 0.15) is 28.3 Å². The molecule has 0 bridgehead atoms. The van der Waals surface area contributed by atoms with Gasteiger partial charge in [-0.05, 0) is 77.5 Å². The summed E-state index contributed by atoms with van der Waals surface area (Å²) in [4.78, 5) is 13.6. The van der Waals surface area contributed by atoms with Crippen molar-refractivity contribution in [3.05, 3.63) is 70.2 Å². The van der Waals surface area contributed by atoms with Crippen LogP contribution >= 0.6 is 15.9 Å². The average Bonchev–Trinajstić information content (AvgIpc) is 3.38. The number of hydrogen-bond acceptors (Lipinski definition) is 6. The smallest absolute Gasteiger partial charge is 0.187 e. The number of nitrogens with one attached hydrogen (secondary N) is 1. The van der Waals surface area contributed by atoms with Gasteiger partial charge in [-0.1, -0.05) is 12.1 Å². The number of furan rings is 1. The summed E-state index contributed by atoms with van der Waals surface area (Å²) in [5, 5.41) is 8.11. The Bertz CT molecular complexity index is 1280. The molecule has 1 N–H and O–H groups in total. The standard InChI is InChI=1S/C24H24BrFN6O/c1-31(18-12-16-8-11-33-21(16)18)20(14-2-4-17(26)5-3-14)15-6-9-32(10-7-15)24-19-22(25)29-30-23(19)27-13-28-24/h2-5,8,11,13,15,18,20H,6-7,9-10,12H2,1H3,(H,27,28,29,30). The van der Waals surface area contributed by atoms with Crippen molar-refractivity contribution in [1.82, 2.24) is 25.1 Å². The highest BCUT2D eigenvalue weighted by molar-refractivity contribution is 9.10. The van der Waals surface area contributed by atoms with E-state index in [0.29, 0.717) is 11.6 Å². The Hall–Kier alpha value is -2.78. The number of likely N-dealkylation sites (N-methyl/N-ethyl adjacent to an activating group) is 1. The van der Waals surface area contributed by atoms with E-state index in [4.69, 9.17) is 4.42 Å². The zero-order chi connectivity index (χ0) is 22.5. The monoisotopic (exact) mass is 510 g/mol. The maximum atomic E-state index is 13.7. The van der Waals surface area contributed by atoms with Gasteiger partial charge in [-0.2, -0.15) is 5.10 Å². The van der Waals surface area contributed by atoms with Gasteiger partial charge in [-0.15, -0.1) is 0 Å². The first-order valence-corrected chi connectivity index (χ1v) is 12.0. The molecule has 6 rings (SSSR count). The van der Waals surface area contributed by atoms with Crippen LogP contribution in [-0.4, -0.2) is 45.2 Å². The summed E-state index contributed by atoms with van der Waals surface area (Å²) >= 11 is 3.54. The Morgan fingerprint density at radius 2 is 1.97 bits per heavy atom. The molecular weight excluding hydrogens is 487 g/mol. The molecule has 1 aliphatic heterocycles. The number of H-pyrrole nitrogens is 1. The molecule has 0 amide bonds.